The Morgan fingerprint density at radius 3 is 2.55 bits per heavy atom. The predicted molar refractivity (Wildman–Crippen MR) is 76.4 cm³/mol. The van der Waals surface area contributed by atoms with E-state index in [1.165, 1.54) is 9.75 Å². The van der Waals surface area contributed by atoms with Gasteiger partial charge in [-0.1, -0.05) is 0 Å². The zero-order chi connectivity index (χ0) is 14.5. The first-order valence-corrected chi connectivity index (χ1v) is 7.70. The van der Waals surface area contributed by atoms with Crippen molar-refractivity contribution in [2.45, 2.75) is 26.2 Å². The number of halogens is 2. The minimum absolute atomic E-state index is 0.132. The van der Waals surface area contributed by atoms with Gasteiger partial charge in [0.2, 0.25) is 5.91 Å². The predicted octanol–water partition coefficient (Wildman–Crippen LogP) is 2.40. The van der Waals surface area contributed by atoms with Crippen molar-refractivity contribution in [3.05, 3.63) is 21.9 Å². The van der Waals surface area contributed by atoms with Gasteiger partial charge in [-0.25, -0.2) is 8.78 Å². The fourth-order valence-corrected chi connectivity index (χ4v) is 3.27. The summed E-state index contributed by atoms with van der Waals surface area (Å²) in [5.74, 6) is 0.132. The number of carbonyl (C=O) groups is 1. The molecule has 0 N–H and O–H groups in total. The molecule has 2 heterocycles. The summed E-state index contributed by atoms with van der Waals surface area (Å²) in [6.45, 7) is 4.10. The summed E-state index contributed by atoms with van der Waals surface area (Å²) in [4.78, 5) is 18.1. The fraction of sp³-hybridized carbons (Fsp3) is 0.643. The zero-order valence-electron chi connectivity index (χ0n) is 11.6. The van der Waals surface area contributed by atoms with Crippen LogP contribution in [0.1, 0.15) is 16.2 Å². The van der Waals surface area contributed by atoms with E-state index in [0.29, 0.717) is 32.6 Å². The number of piperazine rings is 1. The molecule has 112 valence electrons. The first-order valence-electron chi connectivity index (χ1n) is 6.88. The second-order valence-corrected chi connectivity index (χ2v) is 6.46. The van der Waals surface area contributed by atoms with Gasteiger partial charge in [-0.3, -0.25) is 9.69 Å². The van der Waals surface area contributed by atoms with Crippen LogP contribution in [0.25, 0.3) is 0 Å². The second kappa shape index (κ2) is 7.13. The van der Waals surface area contributed by atoms with E-state index in [2.05, 4.69) is 19.1 Å². The number of carbonyl (C=O) groups excluding carboxylic acids is 1. The van der Waals surface area contributed by atoms with Gasteiger partial charge in [0, 0.05) is 42.4 Å². The lowest BCUT2D eigenvalue weighted by Gasteiger charge is -2.34. The van der Waals surface area contributed by atoms with Gasteiger partial charge >= 0.3 is 0 Å². The van der Waals surface area contributed by atoms with Gasteiger partial charge in [-0.2, -0.15) is 0 Å². The molecule has 1 fully saturated rings. The van der Waals surface area contributed by atoms with Crippen molar-refractivity contribution in [1.29, 1.82) is 0 Å². The average molecular weight is 302 g/mol. The van der Waals surface area contributed by atoms with E-state index >= 15 is 0 Å². The third-order valence-electron chi connectivity index (χ3n) is 3.50. The Balaban J connectivity index is 1.72. The molecule has 0 saturated carbocycles. The summed E-state index contributed by atoms with van der Waals surface area (Å²) >= 11 is 1.72. The normalized spacial score (nSPS) is 16.9. The summed E-state index contributed by atoms with van der Waals surface area (Å²) in [7, 11) is 0. The molecule has 0 bridgehead atoms. The Morgan fingerprint density at radius 1 is 1.30 bits per heavy atom. The van der Waals surface area contributed by atoms with E-state index in [1.54, 1.807) is 21.1 Å². The summed E-state index contributed by atoms with van der Waals surface area (Å²) in [5.41, 5.74) is 0. The molecule has 0 radical (unpaired) electrons. The first kappa shape index (κ1) is 15.4. The Kier molecular flexibility index (Phi) is 5.48. The molecule has 1 amide bonds. The van der Waals surface area contributed by atoms with E-state index in [1.807, 2.05) is 0 Å². The number of hydrogen-bond donors (Lipinski definition) is 0. The number of alkyl halides is 2. The summed E-state index contributed by atoms with van der Waals surface area (Å²) in [5, 5.41) is 0. The highest BCUT2D eigenvalue weighted by atomic mass is 32.1. The number of thiophene rings is 1. The van der Waals surface area contributed by atoms with Crippen LogP contribution in [0.2, 0.25) is 0 Å². The van der Waals surface area contributed by atoms with Crippen LogP contribution in [-0.2, 0) is 11.2 Å². The molecule has 0 aliphatic carbocycles. The quantitative estimate of drug-likeness (QED) is 0.834. The minimum atomic E-state index is -2.29. The largest absolute Gasteiger partial charge is 0.340 e. The van der Waals surface area contributed by atoms with Gasteiger partial charge in [0.25, 0.3) is 6.43 Å². The number of aryl methyl sites for hydroxylation is 2. The zero-order valence-corrected chi connectivity index (χ0v) is 12.5. The number of hydrogen-bond acceptors (Lipinski definition) is 3. The van der Waals surface area contributed by atoms with Gasteiger partial charge < -0.3 is 4.90 Å². The SMILES string of the molecule is Cc1ccc(CCC(=O)N2CCN(CC(F)F)CC2)s1. The van der Waals surface area contributed by atoms with Crippen molar-refractivity contribution >= 4 is 17.2 Å². The van der Waals surface area contributed by atoms with Crippen molar-refractivity contribution in [3.8, 4) is 0 Å². The molecule has 1 aliphatic rings. The van der Waals surface area contributed by atoms with E-state index < -0.39 is 6.43 Å². The molecule has 0 spiro atoms. The van der Waals surface area contributed by atoms with Crippen LogP contribution < -0.4 is 0 Å². The Morgan fingerprint density at radius 2 is 2.00 bits per heavy atom. The third kappa shape index (κ3) is 4.52. The Labute approximate surface area is 122 Å². The second-order valence-electron chi connectivity index (χ2n) is 5.08. The molecule has 3 nitrogen and oxygen atoms in total. The maximum atomic E-state index is 12.3. The van der Waals surface area contributed by atoms with Crippen LogP contribution in [0.3, 0.4) is 0 Å². The van der Waals surface area contributed by atoms with Crippen LogP contribution in [0.15, 0.2) is 12.1 Å². The van der Waals surface area contributed by atoms with E-state index in [0.717, 1.165) is 6.42 Å². The number of amides is 1. The maximum Gasteiger partial charge on any atom is 0.251 e. The highest BCUT2D eigenvalue weighted by Crippen LogP contribution is 2.17. The van der Waals surface area contributed by atoms with Gasteiger partial charge in [0.05, 0.1) is 6.54 Å². The number of nitrogens with zero attached hydrogens (tertiary/aromatic N) is 2. The molecule has 1 aromatic rings. The number of rotatable bonds is 5. The van der Waals surface area contributed by atoms with Crippen LogP contribution in [0, 0.1) is 6.92 Å². The van der Waals surface area contributed by atoms with Gasteiger partial charge in [0.1, 0.15) is 0 Å². The smallest absolute Gasteiger partial charge is 0.251 e. The highest BCUT2D eigenvalue weighted by Gasteiger charge is 2.22. The molecule has 1 saturated heterocycles. The lowest BCUT2D eigenvalue weighted by molar-refractivity contribution is -0.133. The monoisotopic (exact) mass is 302 g/mol. The van der Waals surface area contributed by atoms with Crippen LogP contribution >= 0.6 is 11.3 Å². The van der Waals surface area contributed by atoms with Crippen molar-refractivity contribution in [1.82, 2.24) is 9.80 Å². The van der Waals surface area contributed by atoms with Crippen LogP contribution in [0.5, 0.6) is 0 Å². The fourth-order valence-electron chi connectivity index (χ4n) is 2.38. The maximum absolute atomic E-state index is 12.3. The summed E-state index contributed by atoms with van der Waals surface area (Å²) in [6, 6.07) is 4.13. The molecule has 1 aliphatic heterocycles. The van der Waals surface area contributed by atoms with Gasteiger partial charge in [-0.05, 0) is 25.5 Å². The molecule has 6 heteroatoms. The molecule has 1 aromatic heterocycles. The van der Waals surface area contributed by atoms with E-state index in [9.17, 15) is 13.6 Å². The molecule has 2 rings (SSSR count). The van der Waals surface area contributed by atoms with Gasteiger partial charge in [0.15, 0.2) is 0 Å². The van der Waals surface area contributed by atoms with E-state index in [-0.39, 0.29) is 12.5 Å². The topological polar surface area (TPSA) is 23.6 Å². The van der Waals surface area contributed by atoms with Gasteiger partial charge in [-0.15, -0.1) is 11.3 Å². The Hall–Kier alpha value is -1.01. The lowest BCUT2D eigenvalue weighted by atomic mass is 10.2. The molecule has 20 heavy (non-hydrogen) atoms. The molecule has 0 aromatic carbocycles. The van der Waals surface area contributed by atoms with Crippen molar-refractivity contribution < 1.29 is 13.6 Å². The molecule has 0 unspecified atom stereocenters. The lowest BCUT2D eigenvalue weighted by Crippen LogP contribution is -2.49. The summed E-state index contributed by atoms with van der Waals surface area (Å²) < 4.78 is 24.5. The van der Waals surface area contributed by atoms with Crippen molar-refractivity contribution in [3.63, 3.8) is 0 Å². The van der Waals surface area contributed by atoms with Crippen molar-refractivity contribution in [2.75, 3.05) is 32.7 Å². The van der Waals surface area contributed by atoms with Crippen molar-refractivity contribution in [2.24, 2.45) is 0 Å². The van der Waals surface area contributed by atoms with Crippen LogP contribution in [-0.4, -0.2) is 54.9 Å². The highest BCUT2D eigenvalue weighted by molar-refractivity contribution is 7.11. The Bertz CT molecular complexity index is 442. The molecular weight excluding hydrogens is 282 g/mol. The van der Waals surface area contributed by atoms with E-state index in [4.69, 9.17) is 0 Å². The molecule has 0 atom stereocenters. The third-order valence-corrected chi connectivity index (χ3v) is 4.56. The first-order chi connectivity index (χ1) is 9.54. The molecular formula is C14H20F2N2OS. The van der Waals surface area contributed by atoms with Crippen LogP contribution in [0.4, 0.5) is 8.78 Å². The standard InChI is InChI=1S/C14H20F2N2OS/c1-11-2-3-12(20-11)4-5-14(19)18-8-6-17(7-9-18)10-13(15)16/h2-3,13H,4-10H2,1H3. The minimum Gasteiger partial charge on any atom is -0.340 e. The summed E-state index contributed by atoms with van der Waals surface area (Å²) in [6.07, 6.45) is -1.01. The average Bonchev–Trinajstić information content (AvgIpc) is 2.82.